The van der Waals surface area contributed by atoms with Crippen LogP contribution in [0.2, 0.25) is 0 Å². The number of allylic oxidation sites excluding steroid dienone is 6. The van der Waals surface area contributed by atoms with Crippen LogP contribution in [0, 0.1) is 0 Å². The molecule has 2 aromatic rings. The van der Waals surface area contributed by atoms with E-state index in [1.807, 2.05) is 12.2 Å². The third-order valence-corrected chi connectivity index (χ3v) is 17.3. The first-order chi connectivity index (χ1) is 55.4. The summed E-state index contributed by atoms with van der Waals surface area (Å²) >= 11 is 0. The zero-order valence-electron chi connectivity index (χ0n) is 66.6. The van der Waals surface area contributed by atoms with Gasteiger partial charge in [0.15, 0.2) is 0 Å². The molecule has 13 amide bonds. The molecule has 116 heavy (non-hydrogen) atoms. The summed E-state index contributed by atoms with van der Waals surface area (Å²) in [5.74, 6) is -14.7. The number of carboxylic acid groups (broad SMARTS) is 4. The van der Waals surface area contributed by atoms with E-state index in [0.717, 1.165) is 53.3 Å². The van der Waals surface area contributed by atoms with Gasteiger partial charge in [-0.25, -0.2) is 9.97 Å². The van der Waals surface area contributed by atoms with Crippen molar-refractivity contribution in [1.29, 1.82) is 0 Å². The fourth-order valence-corrected chi connectivity index (χ4v) is 10.9. The molecular formula is C75H120N20O21. The number of aliphatic carboxylic acids is 4. The maximum Gasteiger partial charge on any atom is 0.317 e. The lowest BCUT2D eigenvalue weighted by atomic mass is 10.1. The largest absolute Gasteiger partial charge is 0.480 e. The standard InChI is InChI=1S/C75H120N20O21/c1-4-5-6-7-8-9-10-11-12-13-14-15-16-17-18-25-59(96)83-42-58(90-66(103)45-94(47-68(106)107)38-36-93(46-67(104)105)37-39-95(48-69(108)109)49-70(110)111)75(116)89-53(3)73(114)92-57(24-20-22-33-80-65(102)44-85-63(100)29-27-61(98)82-35-31-55-41-78-51-87-55)74(115)88-52(2)72(113)91-56(71(76)112)23-19-21-32-79-64(101)43-84-62(99)28-26-60(97)81-34-30-54-40-77-50-86-54/h8-9,11-12,14-15,40-41,50-53,56-58H,4-7,10,13,16-39,42-49H2,1-3H3,(H2,76,112)(H,77,86)(H,78,87)(H,79,101)(H,80,102)(H,81,97)(H,82,98)(H,83,96)(H,84,99)(H,85,100)(H,88,115)(H,89,116)(H,90,103)(H,91,113)(H,92,114)(H,104,105)(H,106,107)(H,108,109)(H,110,111)/b9-8-,12-11-,15-14-/t52-,53-,56-,57-,58+/m1/s1. The molecule has 0 aliphatic rings. The summed E-state index contributed by atoms with van der Waals surface area (Å²) in [5.41, 5.74) is 7.29. The molecule has 0 unspecified atom stereocenters. The van der Waals surface area contributed by atoms with E-state index in [9.17, 15) is 102 Å². The number of carboxylic acids is 4. The van der Waals surface area contributed by atoms with Crippen LogP contribution in [0.4, 0.5) is 0 Å². The van der Waals surface area contributed by atoms with E-state index in [4.69, 9.17) is 5.73 Å². The topological polar surface area (TPSA) is 609 Å². The highest BCUT2D eigenvalue weighted by atomic mass is 16.4. The quantitative estimate of drug-likeness (QED) is 0.0239. The number of hydrogen-bond acceptors (Lipinski definition) is 22. The fraction of sp³-hybridized carbons (Fsp3) is 0.613. The Morgan fingerprint density at radius 3 is 1.22 bits per heavy atom. The third-order valence-electron chi connectivity index (χ3n) is 17.3. The Morgan fingerprint density at radius 2 is 0.784 bits per heavy atom. The van der Waals surface area contributed by atoms with Crippen LogP contribution in [0.5, 0.6) is 0 Å². The summed E-state index contributed by atoms with van der Waals surface area (Å²) in [4.78, 5) is 234. The molecule has 0 saturated heterocycles. The van der Waals surface area contributed by atoms with Crippen molar-refractivity contribution in [2.24, 2.45) is 5.73 Å². The molecular weight excluding hydrogens is 1520 g/mol. The lowest BCUT2D eigenvalue weighted by Crippen LogP contribution is -2.59. The third kappa shape index (κ3) is 52.0. The van der Waals surface area contributed by atoms with Gasteiger partial charge in [-0.3, -0.25) is 96.2 Å². The molecule has 20 N–H and O–H groups in total. The van der Waals surface area contributed by atoms with Gasteiger partial charge in [-0.1, -0.05) is 56.2 Å². The van der Waals surface area contributed by atoms with E-state index in [-0.39, 0.29) is 128 Å². The summed E-state index contributed by atoms with van der Waals surface area (Å²) in [6.45, 7) is -0.581. The van der Waals surface area contributed by atoms with Crippen LogP contribution < -0.4 is 69.5 Å². The Hall–Kier alpha value is -11.5. The van der Waals surface area contributed by atoms with Gasteiger partial charge < -0.3 is 99.9 Å². The second-order valence-corrected chi connectivity index (χ2v) is 27.4. The van der Waals surface area contributed by atoms with Crippen molar-refractivity contribution in [3.05, 3.63) is 72.9 Å². The lowest BCUT2D eigenvalue weighted by molar-refractivity contribution is -0.143. The summed E-state index contributed by atoms with van der Waals surface area (Å²) < 4.78 is 0. The monoisotopic (exact) mass is 1640 g/mol. The van der Waals surface area contributed by atoms with Crippen LogP contribution in [0.15, 0.2) is 61.5 Å². The lowest BCUT2D eigenvalue weighted by Gasteiger charge is -2.28. The van der Waals surface area contributed by atoms with E-state index in [0.29, 0.717) is 45.2 Å². The Balaban J connectivity index is 2.27. The van der Waals surface area contributed by atoms with Crippen LogP contribution in [-0.2, 0) is 94.3 Å². The SMILES string of the molecule is CCCCC/C=C\C/C=C\C/C=C\CCCCC(=O)NC[C@H](NC(=O)CN(CCN(CCN(CC(=O)O)CC(=O)O)CC(=O)O)CC(=O)O)C(=O)N[C@H](C)C(=O)N[C@H](CCCCNC(=O)CNC(=O)CCC(=O)NCCc1cnc[nH]1)C(=O)N[C@H](C)C(=O)N[C@H](CCCCNC(=O)CNC(=O)CCC(=O)NCCc1cnc[nH]1)C(N)=O. The molecule has 0 aromatic carbocycles. The Bertz CT molecular complexity index is 3490. The Kier molecular flexibility index (Phi) is 52.9. The first-order valence-electron chi connectivity index (χ1n) is 39.0. The van der Waals surface area contributed by atoms with Crippen LogP contribution in [0.25, 0.3) is 0 Å². The minimum absolute atomic E-state index is 0.00276. The number of imidazole rings is 2. The number of primary amides is 1. The van der Waals surface area contributed by atoms with E-state index in [1.54, 1.807) is 12.4 Å². The molecule has 2 aromatic heterocycles. The van der Waals surface area contributed by atoms with E-state index in [2.05, 4.69) is 115 Å². The van der Waals surface area contributed by atoms with Crippen molar-refractivity contribution in [3.8, 4) is 0 Å². The first-order valence-corrected chi connectivity index (χ1v) is 39.0. The number of amides is 13. The van der Waals surface area contributed by atoms with Crippen molar-refractivity contribution in [2.45, 2.75) is 192 Å². The van der Waals surface area contributed by atoms with Crippen molar-refractivity contribution in [3.63, 3.8) is 0 Å². The normalized spacial score (nSPS) is 12.6. The van der Waals surface area contributed by atoms with E-state index >= 15 is 0 Å². The maximum atomic E-state index is 14.3. The van der Waals surface area contributed by atoms with Gasteiger partial charge in [0, 0.05) is 128 Å². The second-order valence-electron chi connectivity index (χ2n) is 27.4. The number of aromatic nitrogens is 4. The number of nitrogens with two attached hydrogens (primary N) is 1. The first kappa shape index (κ1) is 101. The minimum atomic E-state index is -1.67. The summed E-state index contributed by atoms with van der Waals surface area (Å²) in [7, 11) is 0. The highest BCUT2D eigenvalue weighted by Crippen LogP contribution is 2.09. The summed E-state index contributed by atoms with van der Waals surface area (Å²) in [6.07, 6.45) is 27.6. The number of unbranched alkanes of at least 4 members (excludes halogenated alkanes) is 7. The number of carbonyl (C=O) groups excluding carboxylic acids is 13. The smallest absolute Gasteiger partial charge is 0.317 e. The van der Waals surface area contributed by atoms with Crippen molar-refractivity contribution < 1.29 is 102 Å². The van der Waals surface area contributed by atoms with Crippen LogP contribution in [0.1, 0.15) is 161 Å². The minimum Gasteiger partial charge on any atom is -0.480 e. The number of carbonyl (C=O) groups is 17. The van der Waals surface area contributed by atoms with Gasteiger partial charge in [0.25, 0.3) is 0 Å². The highest BCUT2D eigenvalue weighted by Gasteiger charge is 2.31. The van der Waals surface area contributed by atoms with E-state index in [1.165, 1.54) is 37.8 Å². The molecule has 0 aliphatic heterocycles. The average Bonchev–Trinajstić information content (AvgIpc) is 1.85. The fourth-order valence-electron chi connectivity index (χ4n) is 10.9. The number of hydrogen-bond donors (Lipinski definition) is 19. The molecule has 0 fully saturated rings. The molecule has 2 rings (SSSR count). The zero-order valence-corrected chi connectivity index (χ0v) is 66.6. The number of nitrogens with zero attached hydrogens (tertiary/aromatic N) is 5. The van der Waals surface area contributed by atoms with E-state index < -0.39 is 165 Å². The Morgan fingerprint density at radius 1 is 0.397 bits per heavy atom. The maximum absolute atomic E-state index is 14.3. The Labute approximate surface area is 674 Å². The van der Waals surface area contributed by atoms with Crippen molar-refractivity contribution in [1.82, 2.24) is 98.4 Å². The molecule has 2 heterocycles. The molecule has 646 valence electrons. The van der Waals surface area contributed by atoms with Gasteiger partial charge in [0.1, 0.15) is 30.2 Å². The zero-order chi connectivity index (χ0) is 85.8. The van der Waals surface area contributed by atoms with Gasteiger partial charge in [0.05, 0.1) is 58.5 Å². The summed E-state index contributed by atoms with van der Waals surface area (Å²) in [5, 5.41) is 68.7. The molecule has 41 heteroatoms. The number of nitrogens with one attached hydrogen (secondary N) is 14. The molecule has 0 spiro atoms. The van der Waals surface area contributed by atoms with Gasteiger partial charge in [-0.15, -0.1) is 0 Å². The van der Waals surface area contributed by atoms with Gasteiger partial charge >= 0.3 is 23.9 Å². The van der Waals surface area contributed by atoms with Gasteiger partial charge in [-0.05, 0) is 97.3 Å². The van der Waals surface area contributed by atoms with Crippen LogP contribution in [0.3, 0.4) is 0 Å². The molecule has 0 saturated carbocycles. The molecule has 41 nitrogen and oxygen atoms in total. The molecule has 0 aliphatic carbocycles. The van der Waals surface area contributed by atoms with Crippen LogP contribution in [-0.4, -0.2) is 291 Å². The predicted octanol–water partition coefficient (Wildman–Crippen LogP) is -2.58. The molecule has 0 radical (unpaired) electrons. The highest BCUT2D eigenvalue weighted by molar-refractivity contribution is 5.97. The summed E-state index contributed by atoms with van der Waals surface area (Å²) in [6, 6.07) is -7.37. The number of rotatable bonds is 67. The molecule has 0 bridgehead atoms. The number of H-pyrrole nitrogens is 2. The van der Waals surface area contributed by atoms with Crippen molar-refractivity contribution >= 4 is 101 Å². The van der Waals surface area contributed by atoms with Gasteiger partial charge in [0.2, 0.25) is 76.8 Å². The van der Waals surface area contributed by atoms with Gasteiger partial charge in [-0.2, -0.15) is 0 Å². The number of aromatic amines is 2. The second kappa shape index (κ2) is 61.0. The van der Waals surface area contributed by atoms with Crippen LogP contribution >= 0.6 is 0 Å². The van der Waals surface area contributed by atoms with Crippen molar-refractivity contribution in [2.75, 3.05) is 105 Å². The predicted molar refractivity (Wildman–Crippen MR) is 421 cm³/mol. The average molecular weight is 1640 g/mol. The molecule has 5 atom stereocenters.